The molecule has 1 saturated carbocycles. The number of ether oxygens (including phenoxy) is 1. The van der Waals surface area contributed by atoms with E-state index in [1.165, 1.54) is 18.2 Å². The zero-order chi connectivity index (χ0) is 14.3. The topological polar surface area (TPSA) is 26.3 Å². The summed E-state index contributed by atoms with van der Waals surface area (Å²) in [5.41, 5.74) is -1.47. The number of alkyl halides is 3. The summed E-state index contributed by atoms with van der Waals surface area (Å²) in [5.74, 6) is -0.156. The molecule has 0 heterocycles. The van der Waals surface area contributed by atoms with Crippen molar-refractivity contribution in [3.05, 3.63) is 29.8 Å². The van der Waals surface area contributed by atoms with E-state index in [4.69, 9.17) is 4.74 Å². The number of Topliss-reactive ketones (excluding diaryl/α,β-unsaturated/α-hetero) is 1. The van der Waals surface area contributed by atoms with Crippen molar-refractivity contribution in [3.63, 3.8) is 0 Å². The Morgan fingerprint density at radius 3 is 2.53 bits per heavy atom. The number of halogens is 3. The average Bonchev–Trinajstić information content (AvgIpc) is 2.36. The highest BCUT2D eigenvalue weighted by Crippen LogP contribution is 2.44. The van der Waals surface area contributed by atoms with Crippen LogP contribution in [0.3, 0.4) is 0 Å². The third-order valence-electron chi connectivity index (χ3n) is 3.91. The second-order valence-corrected chi connectivity index (χ2v) is 5.00. The van der Waals surface area contributed by atoms with Crippen molar-refractivity contribution in [1.82, 2.24) is 0 Å². The van der Waals surface area contributed by atoms with Crippen molar-refractivity contribution >= 4 is 5.78 Å². The summed E-state index contributed by atoms with van der Waals surface area (Å²) in [6.07, 6.45) is -4.19. The zero-order valence-electron chi connectivity index (χ0n) is 10.8. The molecule has 0 radical (unpaired) electrons. The number of benzene rings is 1. The average molecular weight is 272 g/mol. The highest BCUT2D eigenvalue weighted by molar-refractivity contribution is 5.92. The standard InChI is InChI=1S/C14H15F3O2/c1-3-13(2)11(18)8-12(13)19-10-7-5-4-6-9(10)14(15,16)17/h4-7,12H,3,8H2,1-2H3. The van der Waals surface area contributed by atoms with E-state index in [0.29, 0.717) is 6.42 Å². The SMILES string of the molecule is CCC1(C)C(=O)CC1Oc1ccccc1C(F)(F)F. The Labute approximate surface area is 109 Å². The van der Waals surface area contributed by atoms with Crippen molar-refractivity contribution in [3.8, 4) is 5.75 Å². The molecule has 104 valence electrons. The lowest BCUT2D eigenvalue weighted by Gasteiger charge is -2.44. The lowest BCUT2D eigenvalue weighted by molar-refractivity contribution is -0.152. The minimum atomic E-state index is -4.45. The molecule has 2 unspecified atom stereocenters. The number of para-hydroxylation sites is 1. The lowest BCUT2D eigenvalue weighted by Crippen LogP contribution is -2.54. The minimum absolute atomic E-state index is 0.0458. The van der Waals surface area contributed by atoms with Crippen LogP contribution in [0.15, 0.2) is 24.3 Å². The molecule has 0 spiro atoms. The molecule has 2 nitrogen and oxygen atoms in total. The maximum absolute atomic E-state index is 12.8. The quantitative estimate of drug-likeness (QED) is 0.835. The molecule has 0 aromatic heterocycles. The Morgan fingerprint density at radius 1 is 1.37 bits per heavy atom. The van der Waals surface area contributed by atoms with Crippen LogP contribution in [0.1, 0.15) is 32.3 Å². The molecule has 1 aliphatic rings. The second-order valence-electron chi connectivity index (χ2n) is 5.00. The van der Waals surface area contributed by atoms with Gasteiger partial charge >= 0.3 is 6.18 Å². The molecule has 0 N–H and O–H groups in total. The van der Waals surface area contributed by atoms with Gasteiger partial charge in [-0.05, 0) is 25.5 Å². The summed E-state index contributed by atoms with van der Waals surface area (Å²) in [7, 11) is 0. The van der Waals surface area contributed by atoms with Crippen LogP contribution >= 0.6 is 0 Å². The fourth-order valence-electron chi connectivity index (χ4n) is 2.23. The molecule has 1 aliphatic carbocycles. The molecular weight excluding hydrogens is 257 g/mol. The van der Waals surface area contributed by atoms with Crippen LogP contribution in [0.4, 0.5) is 13.2 Å². The first kappa shape index (κ1) is 13.9. The first-order chi connectivity index (χ1) is 8.79. The van der Waals surface area contributed by atoms with E-state index >= 15 is 0 Å². The number of carbonyl (C=O) groups is 1. The third kappa shape index (κ3) is 2.33. The molecule has 19 heavy (non-hydrogen) atoms. The Morgan fingerprint density at radius 2 is 2.00 bits per heavy atom. The monoisotopic (exact) mass is 272 g/mol. The van der Waals surface area contributed by atoms with Crippen molar-refractivity contribution in [1.29, 1.82) is 0 Å². The summed E-state index contributed by atoms with van der Waals surface area (Å²) in [4.78, 5) is 11.6. The smallest absolute Gasteiger partial charge is 0.419 e. The molecule has 1 aromatic carbocycles. The van der Waals surface area contributed by atoms with Crippen molar-refractivity contribution in [2.24, 2.45) is 5.41 Å². The van der Waals surface area contributed by atoms with Gasteiger partial charge in [0.25, 0.3) is 0 Å². The summed E-state index contributed by atoms with van der Waals surface area (Å²) >= 11 is 0. The van der Waals surface area contributed by atoms with E-state index in [2.05, 4.69) is 0 Å². The van der Waals surface area contributed by atoms with Gasteiger partial charge in [0.15, 0.2) is 0 Å². The van der Waals surface area contributed by atoms with Crippen molar-refractivity contribution in [2.45, 2.75) is 39.0 Å². The Balaban J connectivity index is 2.24. The van der Waals surface area contributed by atoms with E-state index in [-0.39, 0.29) is 18.0 Å². The molecule has 1 aromatic rings. The Hall–Kier alpha value is -1.52. The number of hydrogen-bond donors (Lipinski definition) is 0. The Bertz CT molecular complexity index is 496. The lowest BCUT2D eigenvalue weighted by atomic mass is 9.64. The first-order valence-electron chi connectivity index (χ1n) is 6.15. The van der Waals surface area contributed by atoms with Gasteiger partial charge in [-0.15, -0.1) is 0 Å². The highest BCUT2D eigenvalue weighted by atomic mass is 19.4. The fourth-order valence-corrected chi connectivity index (χ4v) is 2.23. The molecular formula is C14H15F3O2. The van der Waals surface area contributed by atoms with Crippen LogP contribution in [-0.4, -0.2) is 11.9 Å². The molecule has 0 amide bonds. The van der Waals surface area contributed by atoms with Gasteiger partial charge in [0.1, 0.15) is 17.6 Å². The molecule has 2 rings (SSSR count). The molecule has 2 atom stereocenters. The van der Waals surface area contributed by atoms with E-state index < -0.39 is 23.3 Å². The van der Waals surface area contributed by atoms with E-state index in [9.17, 15) is 18.0 Å². The normalized spacial score (nSPS) is 27.0. The molecule has 5 heteroatoms. The second kappa shape index (κ2) is 4.54. The van der Waals surface area contributed by atoms with Crippen LogP contribution in [0.2, 0.25) is 0 Å². The number of rotatable bonds is 3. The van der Waals surface area contributed by atoms with Gasteiger partial charge in [0.2, 0.25) is 0 Å². The van der Waals surface area contributed by atoms with Gasteiger partial charge in [0.05, 0.1) is 11.0 Å². The predicted molar refractivity (Wildman–Crippen MR) is 63.9 cm³/mol. The zero-order valence-corrected chi connectivity index (χ0v) is 10.8. The molecule has 1 fully saturated rings. The number of hydrogen-bond acceptors (Lipinski definition) is 2. The Kier molecular flexibility index (Phi) is 3.32. The van der Waals surface area contributed by atoms with Gasteiger partial charge in [-0.25, -0.2) is 0 Å². The number of carbonyl (C=O) groups excluding carboxylic acids is 1. The van der Waals surface area contributed by atoms with Crippen LogP contribution in [0.25, 0.3) is 0 Å². The molecule has 0 saturated heterocycles. The van der Waals surface area contributed by atoms with Gasteiger partial charge in [0, 0.05) is 6.42 Å². The predicted octanol–water partition coefficient (Wildman–Crippen LogP) is 3.84. The van der Waals surface area contributed by atoms with Crippen molar-refractivity contribution < 1.29 is 22.7 Å². The summed E-state index contributed by atoms with van der Waals surface area (Å²) in [6.45, 7) is 3.57. The maximum Gasteiger partial charge on any atom is 0.419 e. The van der Waals surface area contributed by atoms with Gasteiger partial charge in [-0.1, -0.05) is 19.1 Å². The van der Waals surface area contributed by atoms with Gasteiger partial charge in [-0.2, -0.15) is 13.2 Å². The molecule has 0 bridgehead atoms. The van der Waals surface area contributed by atoms with E-state index in [1.54, 1.807) is 6.92 Å². The fraction of sp³-hybridized carbons (Fsp3) is 0.500. The highest BCUT2D eigenvalue weighted by Gasteiger charge is 2.52. The maximum atomic E-state index is 12.8. The van der Waals surface area contributed by atoms with Crippen molar-refractivity contribution in [2.75, 3.05) is 0 Å². The van der Waals surface area contributed by atoms with E-state index in [0.717, 1.165) is 6.07 Å². The van der Waals surface area contributed by atoms with Gasteiger partial charge in [-0.3, -0.25) is 4.79 Å². The summed E-state index contributed by atoms with van der Waals surface area (Å²) in [6, 6.07) is 5.09. The van der Waals surface area contributed by atoms with Crippen LogP contribution in [-0.2, 0) is 11.0 Å². The third-order valence-corrected chi connectivity index (χ3v) is 3.91. The van der Waals surface area contributed by atoms with Crippen LogP contribution < -0.4 is 4.74 Å². The van der Waals surface area contributed by atoms with Crippen LogP contribution in [0, 0.1) is 5.41 Å². The summed E-state index contributed by atoms with van der Waals surface area (Å²) < 4.78 is 43.9. The first-order valence-corrected chi connectivity index (χ1v) is 6.15. The van der Waals surface area contributed by atoms with Gasteiger partial charge < -0.3 is 4.74 Å². The summed E-state index contributed by atoms with van der Waals surface area (Å²) in [5, 5.41) is 0. The van der Waals surface area contributed by atoms with Crippen LogP contribution in [0.5, 0.6) is 5.75 Å². The molecule has 0 aliphatic heterocycles. The minimum Gasteiger partial charge on any atom is -0.488 e. The largest absolute Gasteiger partial charge is 0.488 e. The van der Waals surface area contributed by atoms with E-state index in [1.807, 2.05) is 6.92 Å². The number of ketones is 1.